The molecule has 0 amide bonds. The Morgan fingerprint density at radius 1 is 1.25 bits per heavy atom. The van der Waals surface area contributed by atoms with Gasteiger partial charge in [0.05, 0.1) is 0 Å². The van der Waals surface area contributed by atoms with Crippen LogP contribution in [0.4, 0.5) is 0 Å². The van der Waals surface area contributed by atoms with Crippen LogP contribution in [0.2, 0.25) is 0 Å². The first-order chi connectivity index (χ1) is 7.41. The van der Waals surface area contributed by atoms with Gasteiger partial charge in [-0.1, -0.05) is 20.8 Å². The van der Waals surface area contributed by atoms with E-state index >= 15 is 0 Å². The normalized spacial score (nSPS) is 19.1. The maximum Gasteiger partial charge on any atom is 0.0112 e. The van der Waals surface area contributed by atoms with E-state index < -0.39 is 0 Å². The second-order valence-corrected chi connectivity index (χ2v) is 6.46. The molecule has 0 aromatic carbocycles. The Balaban J connectivity index is 2.02. The first kappa shape index (κ1) is 14.0. The summed E-state index contributed by atoms with van der Waals surface area (Å²) in [5.74, 6) is 0. The van der Waals surface area contributed by atoms with Crippen LogP contribution in [0.5, 0.6) is 0 Å². The topological polar surface area (TPSA) is 15.3 Å². The van der Waals surface area contributed by atoms with Gasteiger partial charge in [0.2, 0.25) is 0 Å². The molecule has 0 aromatic heterocycles. The molecule has 2 heteroatoms. The summed E-state index contributed by atoms with van der Waals surface area (Å²) in [5, 5.41) is 3.57. The molecule has 1 rings (SSSR count). The molecule has 1 saturated carbocycles. The van der Waals surface area contributed by atoms with Gasteiger partial charge in [0.25, 0.3) is 0 Å². The summed E-state index contributed by atoms with van der Waals surface area (Å²) in [4.78, 5) is 2.50. The molecule has 0 heterocycles. The minimum Gasteiger partial charge on any atom is -0.314 e. The fourth-order valence-electron chi connectivity index (χ4n) is 1.93. The van der Waals surface area contributed by atoms with Crippen molar-refractivity contribution in [3.8, 4) is 0 Å². The van der Waals surface area contributed by atoms with E-state index in [1.54, 1.807) is 0 Å². The third-order valence-corrected chi connectivity index (χ3v) is 3.86. The number of hydrogen-bond donors (Lipinski definition) is 1. The molecule has 1 aliphatic carbocycles. The summed E-state index contributed by atoms with van der Waals surface area (Å²) in [6.07, 6.45) is 5.44. The van der Waals surface area contributed by atoms with Crippen LogP contribution in [-0.2, 0) is 0 Å². The van der Waals surface area contributed by atoms with Crippen LogP contribution in [-0.4, -0.2) is 37.1 Å². The van der Waals surface area contributed by atoms with Crippen LogP contribution >= 0.6 is 0 Å². The van der Waals surface area contributed by atoms with E-state index in [-0.39, 0.29) is 0 Å². The molecule has 1 unspecified atom stereocenters. The highest BCUT2D eigenvalue weighted by molar-refractivity contribution is 4.81. The average Bonchev–Trinajstić information content (AvgIpc) is 2.98. The minimum absolute atomic E-state index is 0.390. The number of nitrogens with zero attached hydrogens (tertiary/aromatic N) is 1. The Hall–Kier alpha value is -0.0800. The van der Waals surface area contributed by atoms with Gasteiger partial charge in [0.1, 0.15) is 0 Å². The first-order valence-corrected chi connectivity index (χ1v) is 6.85. The lowest BCUT2D eigenvalue weighted by atomic mass is 9.87. The van der Waals surface area contributed by atoms with Gasteiger partial charge >= 0.3 is 0 Å². The number of unbranched alkanes of at least 4 members (excludes halogenated alkanes) is 1. The SMILES string of the molecule is CC(N(C)CCCCNC1CC1)C(C)(C)C. The van der Waals surface area contributed by atoms with Crippen molar-refractivity contribution in [3.63, 3.8) is 0 Å². The van der Waals surface area contributed by atoms with E-state index in [0.717, 1.165) is 6.04 Å². The molecule has 1 atom stereocenters. The van der Waals surface area contributed by atoms with Crippen molar-refractivity contribution in [3.05, 3.63) is 0 Å². The average molecular weight is 226 g/mol. The Kier molecular flexibility index (Phi) is 5.26. The van der Waals surface area contributed by atoms with Crippen LogP contribution in [0.3, 0.4) is 0 Å². The number of rotatable bonds is 7. The van der Waals surface area contributed by atoms with Crippen LogP contribution in [0.1, 0.15) is 53.4 Å². The quantitative estimate of drug-likeness (QED) is 0.672. The summed E-state index contributed by atoms with van der Waals surface area (Å²) in [6, 6.07) is 1.52. The molecule has 1 aliphatic rings. The van der Waals surface area contributed by atoms with Crippen LogP contribution < -0.4 is 5.32 Å². The first-order valence-electron chi connectivity index (χ1n) is 6.85. The van der Waals surface area contributed by atoms with Crippen molar-refractivity contribution < 1.29 is 0 Å². The molecule has 1 fully saturated rings. The molecule has 0 radical (unpaired) electrons. The number of hydrogen-bond acceptors (Lipinski definition) is 2. The monoisotopic (exact) mass is 226 g/mol. The molecule has 16 heavy (non-hydrogen) atoms. The summed E-state index contributed by atoms with van der Waals surface area (Å²) < 4.78 is 0. The minimum atomic E-state index is 0.390. The third kappa shape index (κ3) is 5.31. The van der Waals surface area contributed by atoms with Gasteiger partial charge in [0, 0.05) is 12.1 Å². The van der Waals surface area contributed by atoms with Gasteiger partial charge in [-0.05, 0) is 58.2 Å². The molecule has 1 N–H and O–H groups in total. The Morgan fingerprint density at radius 2 is 1.88 bits per heavy atom. The van der Waals surface area contributed by atoms with Gasteiger partial charge in [-0.2, -0.15) is 0 Å². The standard InChI is InChI=1S/C14H30N2/c1-12(14(2,3)4)16(5)11-7-6-10-15-13-8-9-13/h12-13,15H,6-11H2,1-5H3. The largest absolute Gasteiger partial charge is 0.314 e. The lowest BCUT2D eigenvalue weighted by Gasteiger charge is -2.35. The Bertz CT molecular complexity index is 191. The van der Waals surface area contributed by atoms with Gasteiger partial charge in [0.15, 0.2) is 0 Å². The predicted octanol–water partition coefficient (Wildman–Crippen LogP) is 2.89. The van der Waals surface area contributed by atoms with Crippen LogP contribution in [0.25, 0.3) is 0 Å². The van der Waals surface area contributed by atoms with E-state index in [1.165, 1.54) is 38.8 Å². The molecule has 0 bridgehead atoms. The molecular weight excluding hydrogens is 196 g/mol. The smallest absolute Gasteiger partial charge is 0.0112 e. The Labute approximate surface area is 102 Å². The molecule has 96 valence electrons. The molecule has 0 saturated heterocycles. The van der Waals surface area contributed by atoms with Crippen molar-refractivity contribution in [2.75, 3.05) is 20.1 Å². The highest BCUT2D eigenvalue weighted by Crippen LogP contribution is 2.23. The van der Waals surface area contributed by atoms with Crippen molar-refractivity contribution in [1.82, 2.24) is 10.2 Å². The van der Waals surface area contributed by atoms with Gasteiger partial charge in [-0.25, -0.2) is 0 Å². The van der Waals surface area contributed by atoms with E-state index in [2.05, 4.69) is 45.0 Å². The third-order valence-electron chi connectivity index (χ3n) is 3.86. The highest BCUT2D eigenvalue weighted by atomic mass is 15.1. The van der Waals surface area contributed by atoms with Crippen molar-refractivity contribution >= 4 is 0 Å². The second-order valence-electron chi connectivity index (χ2n) is 6.46. The molecule has 0 aromatic rings. The zero-order chi connectivity index (χ0) is 12.2. The van der Waals surface area contributed by atoms with Crippen molar-refractivity contribution in [2.45, 2.75) is 65.5 Å². The summed E-state index contributed by atoms with van der Waals surface area (Å²) in [7, 11) is 2.25. The zero-order valence-electron chi connectivity index (χ0n) is 11.8. The van der Waals surface area contributed by atoms with Crippen molar-refractivity contribution in [1.29, 1.82) is 0 Å². The lowest BCUT2D eigenvalue weighted by molar-refractivity contribution is 0.139. The zero-order valence-corrected chi connectivity index (χ0v) is 11.8. The molecule has 2 nitrogen and oxygen atoms in total. The maximum atomic E-state index is 3.57. The maximum absolute atomic E-state index is 3.57. The van der Waals surface area contributed by atoms with Crippen molar-refractivity contribution in [2.24, 2.45) is 5.41 Å². The fourth-order valence-corrected chi connectivity index (χ4v) is 1.93. The van der Waals surface area contributed by atoms with Crippen LogP contribution in [0, 0.1) is 5.41 Å². The van der Waals surface area contributed by atoms with Crippen LogP contribution in [0.15, 0.2) is 0 Å². The molecule has 0 spiro atoms. The summed E-state index contributed by atoms with van der Waals surface area (Å²) in [5.41, 5.74) is 0.390. The molecular formula is C14H30N2. The lowest BCUT2D eigenvalue weighted by Crippen LogP contribution is -2.39. The number of nitrogens with one attached hydrogen (secondary N) is 1. The predicted molar refractivity (Wildman–Crippen MR) is 71.8 cm³/mol. The van der Waals surface area contributed by atoms with Gasteiger partial charge in [-0.15, -0.1) is 0 Å². The van der Waals surface area contributed by atoms with E-state index in [1.807, 2.05) is 0 Å². The molecule has 0 aliphatic heterocycles. The van der Waals surface area contributed by atoms with E-state index in [4.69, 9.17) is 0 Å². The summed E-state index contributed by atoms with van der Waals surface area (Å²) in [6.45, 7) is 11.7. The Morgan fingerprint density at radius 3 is 2.38 bits per heavy atom. The fraction of sp³-hybridized carbons (Fsp3) is 1.00. The van der Waals surface area contributed by atoms with E-state index in [0.29, 0.717) is 11.5 Å². The second kappa shape index (κ2) is 6.02. The van der Waals surface area contributed by atoms with Gasteiger partial charge < -0.3 is 10.2 Å². The summed E-state index contributed by atoms with van der Waals surface area (Å²) >= 11 is 0. The van der Waals surface area contributed by atoms with E-state index in [9.17, 15) is 0 Å². The van der Waals surface area contributed by atoms with Gasteiger partial charge in [-0.3, -0.25) is 0 Å². The highest BCUT2D eigenvalue weighted by Gasteiger charge is 2.23.